The van der Waals surface area contributed by atoms with E-state index in [1.54, 1.807) is 0 Å². The van der Waals surface area contributed by atoms with Gasteiger partial charge in [-0.15, -0.1) is 0 Å². The summed E-state index contributed by atoms with van der Waals surface area (Å²) in [5.74, 6) is 0.906. The minimum atomic E-state index is 0.566. The van der Waals surface area contributed by atoms with E-state index in [1.807, 2.05) is 18.5 Å². The summed E-state index contributed by atoms with van der Waals surface area (Å²) < 4.78 is 0. The standard InChI is InChI=1S/C16H18N4/c1-11-7-9-20(11)16-18-14-6-2-5-13(14)15(19-16)12-4-3-8-17-10-12/h3-4,8,10-11H,2,5-7,9H2,1H3/t11-/m0/s1. The second-order valence-electron chi connectivity index (χ2n) is 5.72. The first-order valence-corrected chi connectivity index (χ1v) is 7.40. The van der Waals surface area contributed by atoms with Crippen LogP contribution in [0.3, 0.4) is 0 Å². The Kier molecular flexibility index (Phi) is 2.69. The smallest absolute Gasteiger partial charge is 0.226 e. The molecule has 4 heteroatoms. The molecule has 0 N–H and O–H groups in total. The van der Waals surface area contributed by atoms with E-state index >= 15 is 0 Å². The second kappa shape index (κ2) is 4.54. The molecule has 1 saturated heterocycles. The van der Waals surface area contributed by atoms with Crippen LogP contribution in [0.1, 0.15) is 31.0 Å². The highest BCUT2D eigenvalue weighted by Crippen LogP contribution is 2.33. The summed E-state index contributed by atoms with van der Waals surface area (Å²) in [5, 5.41) is 0. The Labute approximate surface area is 118 Å². The van der Waals surface area contributed by atoms with Crippen LogP contribution in [-0.4, -0.2) is 27.5 Å². The number of rotatable bonds is 2. The van der Waals surface area contributed by atoms with Crippen LogP contribution in [-0.2, 0) is 12.8 Å². The summed E-state index contributed by atoms with van der Waals surface area (Å²) in [6, 6.07) is 4.64. The molecule has 1 fully saturated rings. The highest BCUT2D eigenvalue weighted by molar-refractivity contribution is 5.65. The predicted octanol–water partition coefficient (Wildman–Crippen LogP) is 2.63. The Hall–Kier alpha value is -1.97. The summed E-state index contributed by atoms with van der Waals surface area (Å²) >= 11 is 0. The molecule has 0 aromatic carbocycles. The van der Waals surface area contributed by atoms with Gasteiger partial charge in [0.15, 0.2) is 0 Å². The predicted molar refractivity (Wildman–Crippen MR) is 78.7 cm³/mol. The fraction of sp³-hybridized carbons (Fsp3) is 0.438. The van der Waals surface area contributed by atoms with E-state index < -0.39 is 0 Å². The Balaban J connectivity index is 1.85. The molecule has 0 radical (unpaired) electrons. The Morgan fingerprint density at radius 1 is 1.25 bits per heavy atom. The first kappa shape index (κ1) is 11.8. The molecular weight excluding hydrogens is 248 g/mol. The number of aryl methyl sites for hydroxylation is 1. The fourth-order valence-corrected chi connectivity index (χ4v) is 3.10. The van der Waals surface area contributed by atoms with Crippen molar-refractivity contribution in [2.24, 2.45) is 0 Å². The number of hydrogen-bond acceptors (Lipinski definition) is 4. The van der Waals surface area contributed by atoms with Crippen LogP contribution in [0.15, 0.2) is 24.5 Å². The van der Waals surface area contributed by atoms with Gasteiger partial charge >= 0.3 is 0 Å². The third-order valence-corrected chi connectivity index (χ3v) is 4.43. The van der Waals surface area contributed by atoms with Crippen molar-refractivity contribution in [1.82, 2.24) is 15.0 Å². The lowest BCUT2D eigenvalue weighted by atomic mass is 10.1. The monoisotopic (exact) mass is 266 g/mol. The Bertz CT molecular complexity index is 638. The van der Waals surface area contributed by atoms with E-state index in [-0.39, 0.29) is 0 Å². The molecule has 102 valence electrons. The molecule has 1 aliphatic heterocycles. The zero-order valence-corrected chi connectivity index (χ0v) is 11.7. The van der Waals surface area contributed by atoms with Gasteiger partial charge in [-0.05, 0) is 44.7 Å². The molecule has 0 saturated carbocycles. The van der Waals surface area contributed by atoms with Crippen LogP contribution >= 0.6 is 0 Å². The van der Waals surface area contributed by atoms with Crippen molar-refractivity contribution in [1.29, 1.82) is 0 Å². The van der Waals surface area contributed by atoms with Crippen molar-refractivity contribution in [3.05, 3.63) is 35.8 Å². The minimum absolute atomic E-state index is 0.566. The van der Waals surface area contributed by atoms with Gasteiger partial charge in [0.05, 0.1) is 5.69 Å². The summed E-state index contributed by atoms with van der Waals surface area (Å²) in [5.41, 5.74) is 4.78. The lowest BCUT2D eigenvalue weighted by molar-refractivity contribution is 0.470. The van der Waals surface area contributed by atoms with Crippen LogP contribution in [0, 0.1) is 0 Å². The molecular formula is C16H18N4. The van der Waals surface area contributed by atoms with Gasteiger partial charge in [-0.1, -0.05) is 0 Å². The number of hydrogen-bond donors (Lipinski definition) is 0. The van der Waals surface area contributed by atoms with Crippen molar-refractivity contribution in [3.63, 3.8) is 0 Å². The van der Waals surface area contributed by atoms with Gasteiger partial charge in [0.25, 0.3) is 0 Å². The van der Waals surface area contributed by atoms with E-state index in [0.29, 0.717) is 6.04 Å². The molecule has 1 atom stereocenters. The van der Waals surface area contributed by atoms with Crippen molar-refractivity contribution in [2.75, 3.05) is 11.4 Å². The molecule has 0 spiro atoms. The normalized spacial score (nSPS) is 20.6. The maximum atomic E-state index is 4.86. The van der Waals surface area contributed by atoms with Crippen molar-refractivity contribution >= 4 is 5.95 Å². The molecule has 0 amide bonds. The molecule has 4 rings (SSSR count). The second-order valence-corrected chi connectivity index (χ2v) is 5.72. The van der Waals surface area contributed by atoms with Crippen LogP contribution in [0.4, 0.5) is 5.95 Å². The summed E-state index contributed by atoms with van der Waals surface area (Å²) in [4.78, 5) is 16.2. The van der Waals surface area contributed by atoms with Crippen molar-refractivity contribution in [3.8, 4) is 11.3 Å². The topological polar surface area (TPSA) is 41.9 Å². The molecule has 4 nitrogen and oxygen atoms in total. The van der Waals surface area contributed by atoms with E-state index in [1.165, 1.54) is 24.1 Å². The minimum Gasteiger partial charge on any atom is -0.338 e. The summed E-state index contributed by atoms with van der Waals surface area (Å²) in [6.45, 7) is 3.32. The van der Waals surface area contributed by atoms with Crippen LogP contribution in [0.2, 0.25) is 0 Å². The van der Waals surface area contributed by atoms with Crippen molar-refractivity contribution in [2.45, 2.75) is 38.6 Å². The highest BCUT2D eigenvalue weighted by atomic mass is 15.3. The maximum absolute atomic E-state index is 4.86. The Morgan fingerprint density at radius 3 is 2.90 bits per heavy atom. The number of aromatic nitrogens is 3. The molecule has 20 heavy (non-hydrogen) atoms. The zero-order valence-electron chi connectivity index (χ0n) is 11.7. The fourth-order valence-electron chi connectivity index (χ4n) is 3.10. The molecule has 2 aliphatic rings. The summed E-state index contributed by atoms with van der Waals surface area (Å²) in [7, 11) is 0. The van der Waals surface area contributed by atoms with Gasteiger partial charge in [-0.2, -0.15) is 0 Å². The van der Waals surface area contributed by atoms with Gasteiger partial charge in [0.2, 0.25) is 5.95 Å². The van der Waals surface area contributed by atoms with E-state index in [0.717, 1.165) is 36.6 Å². The molecule has 3 heterocycles. The lowest BCUT2D eigenvalue weighted by Crippen LogP contribution is -2.46. The van der Waals surface area contributed by atoms with E-state index in [2.05, 4.69) is 22.9 Å². The van der Waals surface area contributed by atoms with Gasteiger partial charge in [0.1, 0.15) is 0 Å². The highest BCUT2D eigenvalue weighted by Gasteiger charge is 2.29. The quantitative estimate of drug-likeness (QED) is 0.838. The average molecular weight is 266 g/mol. The molecule has 2 aromatic rings. The third kappa shape index (κ3) is 1.79. The number of nitrogens with zero attached hydrogens (tertiary/aromatic N) is 4. The van der Waals surface area contributed by atoms with E-state index in [9.17, 15) is 0 Å². The van der Waals surface area contributed by atoms with Crippen LogP contribution < -0.4 is 4.90 Å². The maximum Gasteiger partial charge on any atom is 0.226 e. The molecule has 2 aromatic heterocycles. The van der Waals surface area contributed by atoms with Crippen LogP contribution in [0.25, 0.3) is 11.3 Å². The van der Waals surface area contributed by atoms with Crippen LogP contribution in [0.5, 0.6) is 0 Å². The largest absolute Gasteiger partial charge is 0.338 e. The number of anilines is 1. The number of fused-ring (bicyclic) bond motifs is 1. The molecule has 1 aliphatic carbocycles. The number of pyridine rings is 1. The lowest BCUT2D eigenvalue weighted by Gasteiger charge is -2.39. The molecule has 0 bridgehead atoms. The average Bonchev–Trinajstić information content (AvgIpc) is 2.94. The van der Waals surface area contributed by atoms with Gasteiger partial charge in [-0.25, -0.2) is 9.97 Å². The van der Waals surface area contributed by atoms with Gasteiger partial charge < -0.3 is 4.90 Å². The molecule has 0 unspecified atom stereocenters. The van der Waals surface area contributed by atoms with Gasteiger partial charge in [-0.3, -0.25) is 4.98 Å². The first-order valence-electron chi connectivity index (χ1n) is 7.40. The zero-order chi connectivity index (χ0) is 13.5. The van der Waals surface area contributed by atoms with Gasteiger partial charge in [0, 0.05) is 41.8 Å². The summed E-state index contributed by atoms with van der Waals surface area (Å²) in [6.07, 6.45) is 8.32. The third-order valence-electron chi connectivity index (χ3n) is 4.43. The first-order chi connectivity index (χ1) is 9.83. The van der Waals surface area contributed by atoms with E-state index in [4.69, 9.17) is 9.97 Å². The van der Waals surface area contributed by atoms with Crippen molar-refractivity contribution < 1.29 is 0 Å². The Morgan fingerprint density at radius 2 is 2.20 bits per heavy atom. The SMILES string of the molecule is C[C@H]1CCN1c1nc2c(c(-c3cccnc3)n1)CCC2.